The number of tetrazole rings is 1. The summed E-state index contributed by atoms with van der Waals surface area (Å²) >= 11 is 5.81. The van der Waals surface area contributed by atoms with E-state index in [1.54, 1.807) is 0 Å². The first-order chi connectivity index (χ1) is 13.3. The van der Waals surface area contributed by atoms with Gasteiger partial charge in [-0.1, -0.05) is 63.6 Å². The maximum atomic E-state index is 5.81. The Morgan fingerprint density at radius 1 is 1.00 bits per heavy atom. The number of hydrogen-bond acceptors (Lipinski definition) is 4. The maximum absolute atomic E-state index is 5.81. The van der Waals surface area contributed by atoms with Gasteiger partial charge in [0.1, 0.15) is 0 Å². The Morgan fingerprint density at radius 3 is 2.33 bits per heavy atom. The van der Waals surface area contributed by atoms with E-state index in [2.05, 4.69) is 32.0 Å². The van der Waals surface area contributed by atoms with Crippen molar-refractivity contribution in [2.45, 2.75) is 115 Å². The Kier molecular flexibility index (Phi) is 8.49. The number of aryl methyl sites for hydroxylation is 1. The zero-order valence-electron chi connectivity index (χ0n) is 17.1. The highest BCUT2D eigenvalue weighted by atomic mass is 32.1. The highest BCUT2D eigenvalue weighted by Gasteiger charge is 2.22. The minimum Gasteiger partial charge on any atom is -0.363 e. The molecule has 2 fully saturated rings. The Hall–Kier alpha value is -1.04. The van der Waals surface area contributed by atoms with Crippen LogP contribution in [0.4, 0.5) is 0 Å². The van der Waals surface area contributed by atoms with Crippen LogP contribution in [0.15, 0.2) is 0 Å². The molecule has 27 heavy (non-hydrogen) atoms. The smallest absolute Gasteiger partial charge is 0.151 e. The monoisotopic (exact) mass is 391 g/mol. The summed E-state index contributed by atoms with van der Waals surface area (Å²) in [7, 11) is 0. The number of hydrogen-bond donors (Lipinski definition) is 0. The Balaban J connectivity index is 1.49. The molecule has 0 saturated heterocycles. The molecule has 1 aromatic rings. The van der Waals surface area contributed by atoms with Gasteiger partial charge >= 0.3 is 0 Å². The van der Waals surface area contributed by atoms with E-state index in [-0.39, 0.29) is 0 Å². The van der Waals surface area contributed by atoms with Crippen LogP contribution < -0.4 is 0 Å². The van der Waals surface area contributed by atoms with E-state index < -0.39 is 0 Å². The van der Waals surface area contributed by atoms with Gasteiger partial charge in [0.2, 0.25) is 0 Å². The quantitative estimate of drug-likeness (QED) is 0.593. The summed E-state index contributed by atoms with van der Waals surface area (Å²) in [5.41, 5.74) is 0. The van der Waals surface area contributed by atoms with Crippen LogP contribution in [0.1, 0.15) is 109 Å². The highest BCUT2D eigenvalue weighted by molar-refractivity contribution is 7.80. The fourth-order valence-corrected chi connectivity index (χ4v) is 5.33. The third-order valence-corrected chi connectivity index (χ3v) is 6.89. The van der Waals surface area contributed by atoms with Gasteiger partial charge in [0.25, 0.3) is 0 Å². The predicted octanol–water partition coefficient (Wildman–Crippen LogP) is 5.26. The molecule has 0 radical (unpaired) electrons. The van der Waals surface area contributed by atoms with Gasteiger partial charge in [-0.2, -0.15) is 0 Å². The van der Waals surface area contributed by atoms with Crippen molar-refractivity contribution in [1.82, 2.24) is 25.1 Å². The molecular weight excluding hydrogens is 354 g/mol. The zero-order valence-corrected chi connectivity index (χ0v) is 17.9. The summed E-state index contributed by atoms with van der Waals surface area (Å²) in [4.78, 5) is 3.64. The van der Waals surface area contributed by atoms with Gasteiger partial charge in [-0.05, 0) is 55.9 Å². The first-order valence-electron chi connectivity index (χ1n) is 11.4. The molecule has 0 unspecified atom stereocenters. The zero-order chi connectivity index (χ0) is 18.9. The molecule has 1 aromatic heterocycles. The lowest BCUT2D eigenvalue weighted by Gasteiger charge is -2.35. The van der Waals surface area contributed by atoms with Crippen molar-refractivity contribution in [3.8, 4) is 0 Å². The average Bonchev–Trinajstić information content (AvgIpc) is 3.11. The lowest BCUT2D eigenvalue weighted by Crippen LogP contribution is -2.40. The summed E-state index contributed by atoms with van der Waals surface area (Å²) in [5.74, 6) is 1.06. The lowest BCUT2D eigenvalue weighted by molar-refractivity contribution is 0.251. The second-order valence-corrected chi connectivity index (χ2v) is 8.84. The van der Waals surface area contributed by atoms with Crippen molar-refractivity contribution in [3.63, 3.8) is 0 Å². The fraction of sp³-hybridized carbons (Fsp3) is 0.905. The van der Waals surface area contributed by atoms with E-state index in [1.165, 1.54) is 77.0 Å². The second-order valence-electron chi connectivity index (χ2n) is 8.36. The first kappa shape index (κ1) is 20.7. The molecule has 2 aliphatic carbocycles. The van der Waals surface area contributed by atoms with Gasteiger partial charge in [0.15, 0.2) is 5.82 Å². The topological polar surface area (TPSA) is 46.8 Å². The largest absolute Gasteiger partial charge is 0.363 e. The molecule has 0 spiro atoms. The third-order valence-electron chi connectivity index (χ3n) is 6.45. The van der Waals surface area contributed by atoms with Crippen molar-refractivity contribution in [1.29, 1.82) is 0 Å². The van der Waals surface area contributed by atoms with Gasteiger partial charge in [0, 0.05) is 19.0 Å². The Morgan fingerprint density at radius 2 is 1.63 bits per heavy atom. The molecule has 0 bridgehead atoms. The molecular formula is C21H37N5S. The Bertz CT molecular complexity index is 559. The number of rotatable bonds is 7. The third kappa shape index (κ3) is 5.97. The van der Waals surface area contributed by atoms with Crippen molar-refractivity contribution in [2.75, 3.05) is 6.54 Å². The molecule has 6 heteroatoms. The molecule has 2 saturated carbocycles. The molecule has 5 nitrogen and oxygen atoms in total. The number of nitrogens with zero attached hydrogens (tertiary/aromatic N) is 5. The van der Waals surface area contributed by atoms with Gasteiger partial charge in [-0.15, -0.1) is 5.10 Å². The summed E-state index contributed by atoms with van der Waals surface area (Å²) in [5, 5.41) is 12.7. The lowest BCUT2D eigenvalue weighted by atomic mass is 9.94. The van der Waals surface area contributed by atoms with E-state index in [0.29, 0.717) is 12.1 Å². The molecule has 152 valence electrons. The molecule has 0 amide bonds. The molecule has 0 aromatic carbocycles. The minimum atomic E-state index is 0.497. The maximum Gasteiger partial charge on any atom is 0.151 e. The molecule has 0 aliphatic heterocycles. The van der Waals surface area contributed by atoms with Crippen LogP contribution in [0.25, 0.3) is 0 Å². The van der Waals surface area contributed by atoms with Gasteiger partial charge in [-0.3, -0.25) is 0 Å². The predicted molar refractivity (Wildman–Crippen MR) is 114 cm³/mol. The van der Waals surface area contributed by atoms with Crippen LogP contribution in [-0.2, 0) is 6.42 Å². The van der Waals surface area contributed by atoms with E-state index >= 15 is 0 Å². The van der Waals surface area contributed by atoms with E-state index in [4.69, 9.17) is 12.2 Å². The Labute approximate surface area is 170 Å². The van der Waals surface area contributed by atoms with E-state index in [1.807, 2.05) is 0 Å². The van der Waals surface area contributed by atoms with Crippen molar-refractivity contribution in [2.24, 2.45) is 0 Å². The van der Waals surface area contributed by atoms with Crippen LogP contribution in [0, 0.1) is 0 Å². The molecule has 2 aliphatic rings. The van der Waals surface area contributed by atoms with Gasteiger partial charge in [-0.25, -0.2) is 4.68 Å². The summed E-state index contributed by atoms with van der Waals surface area (Å²) < 4.78 is 2.13. The fourth-order valence-electron chi connectivity index (χ4n) is 4.91. The van der Waals surface area contributed by atoms with Crippen molar-refractivity contribution >= 4 is 17.2 Å². The molecule has 1 heterocycles. The van der Waals surface area contributed by atoms with Crippen LogP contribution in [0.3, 0.4) is 0 Å². The first-order valence-corrected chi connectivity index (χ1v) is 11.8. The molecule has 0 N–H and O–H groups in total. The highest BCUT2D eigenvalue weighted by Crippen LogP contribution is 2.27. The molecule has 3 rings (SSSR count). The van der Waals surface area contributed by atoms with Crippen LogP contribution in [0.2, 0.25) is 0 Å². The van der Waals surface area contributed by atoms with Crippen LogP contribution in [-0.4, -0.2) is 42.7 Å². The van der Waals surface area contributed by atoms with Gasteiger partial charge < -0.3 is 4.90 Å². The summed E-state index contributed by atoms with van der Waals surface area (Å²) in [6.07, 6.45) is 18.9. The number of aromatic nitrogens is 4. The second kappa shape index (κ2) is 11.1. The summed E-state index contributed by atoms with van der Waals surface area (Å²) in [6.45, 7) is 3.29. The SMILES string of the molecule is CCN(C(=S)CCCc1nnnn1C1CCCCCCC1)C1CCCCC1. The average molecular weight is 392 g/mol. The minimum absolute atomic E-state index is 0.497. The standard InChI is InChI=1S/C21H37N5S/c1-2-25(18-12-9-6-10-13-18)21(27)17-11-16-20-22-23-24-26(20)19-14-7-4-3-5-8-15-19/h18-19H,2-17H2,1H3. The normalized spacial score (nSPS) is 20.2. The van der Waals surface area contributed by atoms with E-state index in [0.717, 1.165) is 36.6 Å². The van der Waals surface area contributed by atoms with Crippen molar-refractivity contribution in [3.05, 3.63) is 5.82 Å². The summed E-state index contributed by atoms with van der Waals surface area (Å²) in [6, 6.07) is 1.17. The number of thiocarbonyl (C=S) groups is 1. The van der Waals surface area contributed by atoms with E-state index in [9.17, 15) is 0 Å². The van der Waals surface area contributed by atoms with Gasteiger partial charge in [0.05, 0.1) is 11.0 Å². The van der Waals surface area contributed by atoms with Crippen LogP contribution in [0.5, 0.6) is 0 Å². The van der Waals surface area contributed by atoms with Crippen molar-refractivity contribution < 1.29 is 0 Å². The molecule has 0 atom stereocenters. The van der Waals surface area contributed by atoms with Crippen LogP contribution >= 0.6 is 12.2 Å².